The first-order chi connectivity index (χ1) is 9.16. The lowest BCUT2D eigenvalue weighted by molar-refractivity contribution is 0.0456. The third kappa shape index (κ3) is 4.04. The summed E-state index contributed by atoms with van der Waals surface area (Å²) in [7, 11) is 0. The van der Waals surface area contributed by atoms with Crippen LogP contribution in [-0.2, 0) is 4.74 Å². The number of benzene rings is 1. The molecule has 104 valence electrons. The quantitative estimate of drug-likeness (QED) is 0.832. The molecule has 2 rings (SSSR count). The zero-order valence-electron chi connectivity index (χ0n) is 11.7. The molecule has 1 aliphatic heterocycles. The molecule has 0 radical (unpaired) electrons. The zero-order valence-corrected chi connectivity index (χ0v) is 11.7. The van der Waals surface area contributed by atoms with Gasteiger partial charge in [0.05, 0.1) is 5.56 Å². The van der Waals surface area contributed by atoms with E-state index in [1.165, 1.54) is 5.56 Å². The minimum Gasteiger partial charge on any atom is -0.461 e. The maximum atomic E-state index is 11.9. The summed E-state index contributed by atoms with van der Waals surface area (Å²) in [6, 6.07) is 5.68. The van der Waals surface area contributed by atoms with Gasteiger partial charge in [-0.05, 0) is 37.1 Å². The van der Waals surface area contributed by atoms with Crippen molar-refractivity contribution in [1.29, 1.82) is 0 Å². The predicted octanol–water partition coefficient (Wildman–Crippen LogP) is 1.37. The number of rotatable bonds is 4. The van der Waals surface area contributed by atoms with E-state index in [2.05, 4.69) is 10.2 Å². The number of carbonyl (C=O) groups excluding carboxylic acids is 1. The number of aryl methyl sites for hydroxylation is 2. The Bertz CT molecular complexity index is 440. The van der Waals surface area contributed by atoms with E-state index >= 15 is 0 Å². The predicted molar refractivity (Wildman–Crippen MR) is 75.5 cm³/mol. The summed E-state index contributed by atoms with van der Waals surface area (Å²) in [4.78, 5) is 14.2. The smallest absolute Gasteiger partial charge is 0.338 e. The molecule has 1 heterocycles. The third-order valence-electron chi connectivity index (χ3n) is 3.59. The normalized spacial score (nSPS) is 16.3. The first-order valence-electron chi connectivity index (χ1n) is 6.84. The van der Waals surface area contributed by atoms with Crippen molar-refractivity contribution in [3.05, 3.63) is 34.9 Å². The molecular formula is C15H22N2O2. The van der Waals surface area contributed by atoms with Crippen molar-refractivity contribution >= 4 is 5.97 Å². The summed E-state index contributed by atoms with van der Waals surface area (Å²) in [5, 5.41) is 3.30. The molecule has 1 aromatic carbocycles. The van der Waals surface area contributed by atoms with Gasteiger partial charge in [0, 0.05) is 32.7 Å². The molecule has 0 amide bonds. The molecule has 1 N–H and O–H groups in total. The lowest BCUT2D eigenvalue weighted by Gasteiger charge is -2.26. The Kier molecular flexibility index (Phi) is 4.93. The molecule has 1 aromatic rings. The minimum absolute atomic E-state index is 0.224. The molecule has 0 spiro atoms. The molecule has 4 nitrogen and oxygen atoms in total. The average Bonchev–Trinajstić information content (AvgIpc) is 2.43. The second-order valence-corrected chi connectivity index (χ2v) is 5.03. The van der Waals surface area contributed by atoms with Gasteiger partial charge in [0.2, 0.25) is 0 Å². The highest BCUT2D eigenvalue weighted by atomic mass is 16.5. The summed E-state index contributed by atoms with van der Waals surface area (Å²) < 4.78 is 5.32. The average molecular weight is 262 g/mol. The van der Waals surface area contributed by atoms with Crippen molar-refractivity contribution in [3.63, 3.8) is 0 Å². The Morgan fingerprint density at radius 3 is 2.68 bits per heavy atom. The van der Waals surface area contributed by atoms with E-state index in [-0.39, 0.29) is 5.97 Å². The Morgan fingerprint density at radius 1 is 1.26 bits per heavy atom. The molecule has 0 atom stereocenters. The van der Waals surface area contributed by atoms with Crippen LogP contribution in [-0.4, -0.2) is 50.2 Å². The molecule has 0 bridgehead atoms. The Balaban J connectivity index is 1.78. The largest absolute Gasteiger partial charge is 0.461 e. The molecular weight excluding hydrogens is 240 g/mol. The van der Waals surface area contributed by atoms with Crippen LogP contribution in [0, 0.1) is 13.8 Å². The highest BCUT2D eigenvalue weighted by Gasteiger charge is 2.11. The molecule has 1 saturated heterocycles. The topological polar surface area (TPSA) is 41.6 Å². The second kappa shape index (κ2) is 6.68. The molecule has 4 heteroatoms. The van der Waals surface area contributed by atoms with Gasteiger partial charge in [-0.15, -0.1) is 0 Å². The Hall–Kier alpha value is -1.39. The van der Waals surface area contributed by atoms with Gasteiger partial charge in [-0.2, -0.15) is 0 Å². The maximum absolute atomic E-state index is 11.9. The Morgan fingerprint density at radius 2 is 2.00 bits per heavy atom. The van der Waals surface area contributed by atoms with E-state index in [0.717, 1.165) is 38.3 Å². The standard InChI is InChI=1S/C15H22N2O2/c1-12-3-4-14(11-13(12)2)15(18)19-10-9-17-7-5-16-6-8-17/h3-4,11,16H,5-10H2,1-2H3. The van der Waals surface area contributed by atoms with Gasteiger partial charge in [0.25, 0.3) is 0 Å². The molecule has 0 aliphatic carbocycles. The molecule has 0 unspecified atom stereocenters. The summed E-state index contributed by atoms with van der Waals surface area (Å²) in [5.41, 5.74) is 2.96. The van der Waals surface area contributed by atoms with Crippen molar-refractivity contribution in [3.8, 4) is 0 Å². The van der Waals surface area contributed by atoms with Gasteiger partial charge >= 0.3 is 5.97 Å². The number of esters is 1. The van der Waals surface area contributed by atoms with Gasteiger partial charge in [-0.3, -0.25) is 4.90 Å². The van der Waals surface area contributed by atoms with Crippen LogP contribution < -0.4 is 5.32 Å². The van der Waals surface area contributed by atoms with Crippen LogP contribution in [0.4, 0.5) is 0 Å². The van der Waals surface area contributed by atoms with Crippen LogP contribution in [0.1, 0.15) is 21.5 Å². The van der Waals surface area contributed by atoms with Crippen LogP contribution in [0.2, 0.25) is 0 Å². The van der Waals surface area contributed by atoms with Crippen LogP contribution in [0.3, 0.4) is 0 Å². The van der Waals surface area contributed by atoms with Gasteiger partial charge in [0.1, 0.15) is 6.61 Å². The fourth-order valence-electron chi connectivity index (χ4n) is 2.15. The van der Waals surface area contributed by atoms with Gasteiger partial charge in [0.15, 0.2) is 0 Å². The lowest BCUT2D eigenvalue weighted by Crippen LogP contribution is -2.44. The lowest BCUT2D eigenvalue weighted by atomic mass is 10.1. The number of ether oxygens (including phenoxy) is 1. The fraction of sp³-hybridized carbons (Fsp3) is 0.533. The highest BCUT2D eigenvalue weighted by Crippen LogP contribution is 2.10. The molecule has 0 aromatic heterocycles. The van der Waals surface area contributed by atoms with E-state index in [1.54, 1.807) is 0 Å². The Labute approximate surface area is 114 Å². The second-order valence-electron chi connectivity index (χ2n) is 5.03. The maximum Gasteiger partial charge on any atom is 0.338 e. The van der Waals surface area contributed by atoms with Crippen molar-refractivity contribution in [2.24, 2.45) is 0 Å². The highest BCUT2D eigenvalue weighted by molar-refractivity contribution is 5.89. The van der Waals surface area contributed by atoms with E-state index in [1.807, 2.05) is 32.0 Å². The number of hydrogen-bond acceptors (Lipinski definition) is 4. The third-order valence-corrected chi connectivity index (χ3v) is 3.59. The molecule has 0 saturated carbocycles. The number of nitrogens with zero attached hydrogens (tertiary/aromatic N) is 1. The van der Waals surface area contributed by atoms with Gasteiger partial charge in [-0.25, -0.2) is 4.79 Å². The van der Waals surface area contributed by atoms with E-state index in [9.17, 15) is 4.79 Å². The summed E-state index contributed by atoms with van der Waals surface area (Å²) in [6.45, 7) is 9.42. The SMILES string of the molecule is Cc1ccc(C(=O)OCCN2CCNCC2)cc1C. The van der Waals surface area contributed by atoms with E-state index in [0.29, 0.717) is 12.2 Å². The van der Waals surface area contributed by atoms with Gasteiger partial charge < -0.3 is 10.1 Å². The first-order valence-corrected chi connectivity index (χ1v) is 6.84. The number of carbonyl (C=O) groups is 1. The van der Waals surface area contributed by atoms with Crippen molar-refractivity contribution in [1.82, 2.24) is 10.2 Å². The monoisotopic (exact) mass is 262 g/mol. The van der Waals surface area contributed by atoms with Crippen LogP contribution in [0.15, 0.2) is 18.2 Å². The first kappa shape index (κ1) is 14.0. The van der Waals surface area contributed by atoms with Crippen LogP contribution >= 0.6 is 0 Å². The number of hydrogen-bond donors (Lipinski definition) is 1. The zero-order chi connectivity index (χ0) is 13.7. The minimum atomic E-state index is -0.224. The number of piperazine rings is 1. The summed E-state index contributed by atoms with van der Waals surface area (Å²) >= 11 is 0. The van der Waals surface area contributed by atoms with Crippen LogP contribution in [0.25, 0.3) is 0 Å². The molecule has 1 fully saturated rings. The summed E-state index contributed by atoms with van der Waals surface area (Å²) in [5.74, 6) is -0.224. The van der Waals surface area contributed by atoms with E-state index < -0.39 is 0 Å². The van der Waals surface area contributed by atoms with E-state index in [4.69, 9.17) is 4.74 Å². The molecule has 1 aliphatic rings. The molecule has 19 heavy (non-hydrogen) atoms. The van der Waals surface area contributed by atoms with Crippen LogP contribution in [0.5, 0.6) is 0 Å². The summed E-state index contributed by atoms with van der Waals surface area (Å²) in [6.07, 6.45) is 0. The van der Waals surface area contributed by atoms with Crippen molar-refractivity contribution in [2.45, 2.75) is 13.8 Å². The number of nitrogens with one attached hydrogen (secondary N) is 1. The van der Waals surface area contributed by atoms with Gasteiger partial charge in [-0.1, -0.05) is 6.07 Å². The van der Waals surface area contributed by atoms with Crippen molar-refractivity contribution < 1.29 is 9.53 Å². The fourth-order valence-corrected chi connectivity index (χ4v) is 2.15. The van der Waals surface area contributed by atoms with Crippen molar-refractivity contribution in [2.75, 3.05) is 39.3 Å².